The van der Waals surface area contributed by atoms with Crippen LogP contribution in [-0.4, -0.2) is 51.5 Å². The van der Waals surface area contributed by atoms with Gasteiger partial charge < -0.3 is 19.7 Å². The fourth-order valence-corrected chi connectivity index (χ4v) is 3.43. The van der Waals surface area contributed by atoms with Crippen LogP contribution in [-0.2, 0) is 14.3 Å². The Hall–Kier alpha value is -3.07. The van der Waals surface area contributed by atoms with Crippen molar-refractivity contribution in [3.63, 3.8) is 0 Å². The topological polar surface area (TPSA) is 67.9 Å². The molecule has 1 fully saturated rings. The number of rotatable bonds is 6. The lowest BCUT2D eigenvalue weighted by atomic mass is 9.94. The van der Waals surface area contributed by atoms with Crippen LogP contribution in [0.15, 0.2) is 48.5 Å². The molecule has 166 valence electrons. The van der Waals surface area contributed by atoms with E-state index in [-0.39, 0.29) is 16.8 Å². The summed E-state index contributed by atoms with van der Waals surface area (Å²) in [5.41, 5.74) is 0.908. The van der Waals surface area contributed by atoms with Crippen LogP contribution in [0.3, 0.4) is 0 Å². The third-order valence-corrected chi connectivity index (χ3v) is 5.05. The third-order valence-electron chi connectivity index (χ3n) is 5.05. The Morgan fingerprint density at radius 1 is 1.13 bits per heavy atom. The van der Waals surface area contributed by atoms with E-state index in [0.29, 0.717) is 26.3 Å². The number of nitrogens with one attached hydrogen (secondary N) is 1. The maximum atomic E-state index is 13.6. The van der Waals surface area contributed by atoms with Crippen molar-refractivity contribution in [2.75, 3.05) is 43.6 Å². The second-order valence-electron chi connectivity index (χ2n) is 7.08. The molecule has 0 bridgehead atoms. The molecule has 2 aromatic rings. The second kappa shape index (κ2) is 9.82. The number of benzene rings is 2. The van der Waals surface area contributed by atoms with E-state index in [0.717, 1.165) is 5.69 Å². The molecule has 0 spiro atoms. The lowest BCUT2D eigenvalue weighted by Gasteiger charge is -2.29. The molecule has 1 saturated heterocycles. The first-order chi connectivity index (χ1) is 14.8. The SMILES string of the molecule is COC(=O)c1cc(N2CCOCC2)ccc1NC(=O)CC(c1ccccc1)C(F)(F)F. The average Bonchev–Trinajstić information content (AvgIpc) is 2.77. The summed E-state index contributed by atoms with van der Waals surface area (Å²) in [4.78, 5) is 26.8. The zero-order chi connectivity index (χ0) is 22.4. The molecule has 31 heavy (non-hydrogen) atoms. The Kier molecular flexibility index (Phi) is 7.17. The van der Waals surface area contributed by atoms with Gasteiger partial charge in [-0.2, -0.15) is 13.2 Å². The zero-order valence-corrected chi connectivity index (χ0v) is 16.9. The Morgan fingerprint density at radius 2 is 1.81 bits per heavy atom. The third kappa shape index (κ3) is 5.75. The Balaban J connectivity index is 1.81. The molecule has 1 atom stereocenters. The standard InChI is InChI=1S/C22H23F3N2O4/c1-30-21(29)17-13-16(27-9-11-31-12-10-27)7-8-19(17)26-20(28)14-18(22(23,24)25)15-5-3-2-4-6-15/h2-8,13,18H,9-12,14H2,1H3,(H,26,28). The van der Waals surface area contributed by atoms with Gasteiger partial charge in [-0.15, -0.1) is 0 Å². The van der Waals surface area contributed by atoms with Crippen molar-refractivity contribution in [3.8, 4) is 0 Å². The number of methoxy groups -OCH3 is 1. The van der Waals surface area contributed by atoms with Crippen LogP contribution in [0.2, 0.25) is 0 Å². The number of alkyl halides is 3. The minimum absolute atomic E-state index is 0.000932. The van der Waals surface area contributed by atoms with Crippen LogP contribution in [0.1, 0.15) is 28.3 Å². The van der Waals surface area contributed by atoms with E-state index in [2.05, 4.69) is 5.32 Å². The maximum Gasteiger partial charge on any atom is 0.396 e. The number of esters is 1. The first-order valence-electron chi connectivity index (χ1n) is 9.76. The van der Waals surface area contributed by atoms with E-state index in [1.807, 2.05) is 4.90 Å². The summed E-state index contributed by atoms with van der Waals surface area (Å²) in [6.07, 6.45) is -5.40. The first kappa shape index (κ1) is 22.6. The van der Waals surface area contributed by atoms with Crippen LogP contribution in [0.4, 0.5) is 24.5 Å². The highest BCUT2D eigenvalue weighted by atomic mass is 19.4. The van der Waals surface area contributed by atoms with Gasteiger partial charge in [0.2, 0.25) is 5.91 Å². The molecule has 0 aliphatic carbocycles. The van der Waals surface area contributed by atoms with Gasteiger partial charge in [-0.25, -0.2) is 4.79 Å². The largest absolute Gasteiger partial charge is 0.465 e. The van der Waals surface area contributed by atoms with E-state index in [1.165, 1.54) is 37.4 Å². The second-order valence-corrected chi connectivity index (χ2v) is 7.08. The molecule has 1 heterocycles. The van der Waals surface area contributed by atoms with E-state index in [1.54, 1.807) is 18.2 Å². The fraction of sp³-hybridized carbons (Fsp3) is 0.364. The number of hydrogen-bond donors (Lipinski definition) is 1. The van der Waals surface area contributed by atoms with Crippen molar-refractivity contribution in [3.05, 3.63) is 59.7 Å². The number of carbonyl (C=O) groups excluding carboxylic acids is 2. The van der Waals surface area contributed by atoms with Crippen LogP contribution in [0.25, 0.3) is 0 Å². The highest BCUT2D eigenvalue weighted by Crippen LogP contribution is 2.37. The fourth-order valence-electron chi connectivity index (χ4n) is 3.43. The highest BCUT2D eigenvalue weighted by molar-refractivity contribution is 6.02. The van der Waals surface area contributed by atoms with Crippen LogP contribution in [0, 0.1) is 0 Å². The van der Waals surface area contributed by atoms with Gasteiger partial charge >= 0.3 is 12.1 Å². The highest BCUT2D eigenvalue weighted by Gasteiger charge is 2.42. The van der Waals surface area contributed by atoms with Crippen molar-refractivity contribution in [1.29, 1.82) is 0 Å². The molecule has 2 aromatic carbocycles. The molecule has 1 unspecified atom stereocenters. The predicted octanol–water partition coefficient (Wildman–Crippen LogP) is 3.98. The monoisotopic (exact) mass is 436 g/mol. The molecular weight excluding hydrogens is 413 g/mol. The van der Waals surface area contributed by atoms with Gasteiger partial charge in [-0.05, 0) is 23.8 Å². The van der Waals surface area contributed by atoms with Crippen molar-refractivity contribution in [2.24, 2.45) is 0 Å². The van der Waals surface area contributed by atoms with Gasteiger partial charge in [0, 0.05) is 25.2 Å². The zero-order valence-electron chi connectivity index (χ0n) is 16.9. The summed E-state index contributed by atoms with van der Waals surface area (Å²) in [6.45, 7) is 2.36. The molecule has 3 rings (SSSR count). The van der Waals surface area contributed by atoms with E-state index < -0.39 is 30.4 Å². The Labute approximate surface area is 177 Å². The van der Waals surface area contributed by atoms with Gasteiger partial charge in [-0.3, -0.25) is 4.79 Å². The van der Waals surface area contributed by atoms with Crippen LogP contribution >= 0.6 is 0 Å². The number of carbonyl (C=O) groups is 2. The summed E-state index contributed by atoms with van der Waals surface area (Å²) < 4.78 is 50.8. The van der Waals surface area contributed by atoms with Gasteiger partial charge in [0.05, 0.1) is 37.5 Å². The van der Waals surface area contributed by atoms with Gasteiger partial charge in [0.15, 0.2) is 0 Å². The number of nitrogens with zero attached hydrogens (tertiary/aromatic N) is 1. The van der Waals surface area contributed by atoms with Crippen molar-refractivity contribution < 1.29 is 32.2 Å². The quantitative estimate of drug-likeness (QED) is 0.694. The minimum atomic E-state index is -4.59. The smallest absolute Gasteiger partial charge is 0.396 e. The Morgan fingerprint density at radius 3 is 2.42 bits per heavy atom. The first-order valence-corrected chi connectivity index (χ1v) is 9.76. The number of ether oxygens (including phenoxy) is 2. The predicted molar refractivity (Wildman–Crippen MR) is 109 cm³/mol. The molecule has 9 heteroatoms. The van der Waals surface area contributed by atoms with Gasteiger partial charge in [0.1, 0.15) is 0 Å². The lowest BCUT2D eigenvalue weighted by Crippen LogP contribution is -2.36. The molecule has 0 radical (unpaired) electrons. The molecule has 1 aliphatic heterocycles. The molecule has 0 saturated carbocycles. The van der Waals surface area contributed by atoms with E-state index >= 15 is 0 Å². The molecule has 1 aliphatic rings. The summed E-state index contributed by atoms with van der Waals surface area (Å²) in [7, 11) is 1.20. The molecule has 0 aromatic heterocycles. The summed E-state index contributed by atoms with van der Waals surface area (Å²) in [6, 6.07) is 12.0. The normalized spacial score (nSPS) is 15.3. The van der Waals surface area contributed by atoms with Gasteiger partial charge in [-0.1, -0.05) is 30.3 Å². The van der Waals surface area contributed by atoms with E-state index in [9.17, 15) is 22.8 Å². The number of halogens is 3. The lowest BCUT2D eigenvalue weighted by molar-refractivity contribution is -0.155. The molecular formula is C22H23F3N2O4. The van der Waals surface area contributed by atoms with Crippen molar-refractivity contribution in [2.45, 2.75) is 18.5 Å². The van der Waals surface area contributed by atoms with Crippen molar-refractivity contribution in [1.82, 2.24) is 0 Å². The average molecular weight is 436 g/mol. The molecule has 1 amide bonds. The Bertz CT molecular complexity index is 913. The summed E-state index contributed by atoms with van der Waals surface area (Å²) in [5.74, 6) is -3.50. The molecule has 6 nitrogen and oxygen atoms in total. The van der Waals surface area contributed by atoms with Crippen molar-refractivity contribution >= 4 is 23.3 Å². The van der Waals surface area contributed by atoms with Gasteiger partial charge in [0.25, 0.3) is 0 Å². The number of morpholine rings is 1. The minimum Gasteiger partial charge on any atom is -0.465 e. The number of anilines is 2. The van der Waals surface area contributed by atoms with E-state index in [4.69, 9.17) is 9.47 Å². The van der Waals surface area contributed by atoms with Crippen LogP contribution in [0.5, 0.6) is 0 Å². The van der Waals surface area contributed by atoms with Crippen LogP contribution < -0.4 is 10.2 Å². The maximum absolute atomic E-state index is 13.6. The molecule has 1 N–H and O–H groups in total. The number of hydrogen-bond acceptors (Lipinski definition) is 5. The number of amides is 1. The summed E-state index contributed by atoms with van der Waals surface area (Å²) >= 11 is 0. The summed E-state index contributed by atoms with van der Waals surface area (Å²) in [5, 5.41) is 2.45.